The van der Waals surface area contributed by atoms with Gasteiger partial charge in [-0.15, -0.1) is 4.40 Å². The summed E-state index contributed by atoms with van der Waals surface area (Å²) in [5, 5.41) is 63.3. The summed E-state index contributed by atoms with van der Waals surface area (Å²) in [6, 6.07) is 3.29. The predicted octanol–water partition coefficient (Wildman–Crippen LogP) is 3.37. The molecular formula is C92H146ClF3N27NaO11S. The van der Waals surface area contributed by atoms with Crippen LogP contribution in [0.3, 0.4) is 0 Å². The number of nitrogen functional groups attached to an aromatic ring is 1. The van der Waals surface area contributed by atoms with Crippen LogP contribution in [-0.2, 0) is 116 Å². The summed E-state index contributed by atoms with van der Waals surface area (Å²) in [5.41, 5.74) is 18.1. The Morgan fingerprint density at radius 3 is 1.37 bits per heavy atom. The monoisotopic (exact) mass is 1950 g/mol. The number of ether oxygens (including phenoxy) is 2. The molecule has 7 aliphatic carbocycles. The van der Waals surface area contributed by atoms with Crippen LogP contribution in [0, 0.1) is 5.92 Å². The normalized spacial score (nSPS) is 20.5. The molecule has 10 atom stereocenters. The molecule has 0 radical (unpaired) electrons. The van der Waals surface area contributed by atoms with E-state index in [0.717, 1.165) is 151 Å². The van der Waals surface area contributed by atoms with Crippen molar-refractivity contribution in [2.45, 2.75) is 294 Å². The molecule has 38 nitrogen and oxygen atoms in total. The molecule has 0 bridgehead atoms. The van der Waals surface area contributed by atoms with Crippen LogP contribution in [-0.4, -0.2) is 240 Å². The van der Waals surface area contributed by atoms with Crippen LogP contribution in [0.25, 0.3) is 0 Å². The number of aromatic nitrogens is 14. The van der Waals surface area contributed by atoms with Gasteiger partial charge in [-0.3, -0.25) is 52.1 Å². The van der Waals surface area contributed by atoms with Gasteiger partial charge in [0, 0.05) is 180 Å². The van der Waals surface area contributed by atoms with Crippen molar-refractivity contribution in [2.24, 2.45) is 59.6 Å². The molecule has 7 heterocycles. The second-order valence-corrected chi connectivity index (χ2v) is 40.9. The van der Waals surface area contributed by atoms with Gasteiger partial charge in [-0.1, -0.05) is 6.07 Å². The van der Waals surface area contributed by atoms with Gasteiger partial charge in [0.25, 0.3) is 0 Å². The Bertz CT molecular complexity index is 5250. The number of amides is 5. The topological polar surface area (TPSA) is 440 Å². The van der Waals surface area contributed by atoms with E-state index in [4.69, 9.17) is 15.2 Å². The molecule has 15 rings (SSSR count). The maximum absolute atomic E-state index is 13.1. The zero-order valence-corrected chi connectivity index (χ0v) is 87.1. The number of aryl methyl sites for hydroxylation is 9. The molecule has 136 heavy (non-hydrogen) atoms. The maximum atomic E-state index is 13.1. The number of quaternary nitrogens is 1. The number of halogens is 4. The van der Waals surface area contributed by atoms with Crippen molar-refractivity contribution in [2.75, 3.05) is 70.1 Å². The average molecular weight is 1950 g/mol. The number of alkyl carbamates (subject to hydrolysis) is 2. The quantitative estimate of drug-likeness (QED) is 0.0308. The van der Waals surface area contributed by atoms with Crippen molar-refractivity contribution >= 4 is 86.0 Å². The second-order valence-electron chi connectivity index (χ2n) is 39.4. The predicted molar refractivity (Wildman–Crippen MR) is 509 cm³/mol. The summed E-state index contributed by atoms with van der Waals surface area (Å²) >= 11 is 0. The number of carbonyl (C=O) groups excluding carboxylic acids is 5. The molecule has 7 aliphatic rings. The number of nitrogens with one attached hydrogen (secondary N) is 4. The van der Waals surface area contributed by atoms with Gasteiger partial charge in [0.2, 0.25) is 11.8 Å². The Morgan fingerprint density at radius 1 is 0.537 bits per heavy atom. The Hall–Kier alpha value is -9.82. The molecule has 0 spiro atoms. The zero-order valence-electron chi connectivity index (χ0n) is 83.5. The van der Waals surface area contributed by atoms with Gasteiger partial charge < -0.3 is 84.4 Å². The number of aliphatic hydroxyl groups is 1. The molecule has 1 aromatic carbocycles. The molecule has 44 heteroatoms. The van der Waals surface area contributed by atoms with Gasteiger partial charge in [-0.05, 0) is 252 Å². The minimum atomic E-state index is -4.88. The molecule has 10 N–H and O–H groups in total. The van der Waals surface area contributed by atoms with Crippen molar-refractivity contribution < 1.29 is 113 Å². The number of benzene rings is 1. The van der Waals surface area contributed by atoms with Gasteiger partial charge in [-0.2, -0.15) is 57.3 Å². The summed E-state index contributed by atoms with van der Waals surface area (Å²) in [4.78, 5) is 68.0. The van der Waals surface area contributed by atoms with Crippen LogP contribution in [0.15, 0.2) is 97.2 Å². The van der Waals surface area contributed by atoms with Crippen molar-refractivity contribution in [3.63, 3.8) is 0 Å². The van der Waals surface area contributed by atoms with E-state index < -0.39 is 57.3 Å². The number of anilines is 7. The Labute approximate surface area is 827 Å². The molecule has 5 fully saturated rings. The number of rotatable bonds is 21. The number of nitrogens with zero attached hydrogens (tertiary/aromatic N) is 21. The number of amidine groups is 1. The van der Waals surface area contributed by atoms with E-state index in [1.807, 2.05) is 136 Å². The summed E-state index contributed by atoms with van der Waals surface area (Å²) in [5.74, 6) is -0.880. The summed E-state index contributed by atoms with van der Waals surface area (Å²) in [6.45, 7) is 17.5. The number of hydrogen-bond donors (Lipinski definition) is 7. The van der Waals surface area contributed by atoms with Crippen LogP contribution in [0.1, 0.15) is 213 Å². The van der Waals surface area contributed by atoms with Gasteiger partial charge >= 0.3 is 64.0 Å². The fourth-order valence-electron chi connectivity index (χ4n) is 18.3. The molecule has 7 aromatic heterocycles. The molecule has 8 aromatic rings. The number of carbonyl (C=O) groups is 5. The van der Waals surface area contributed by atoms with E-state index in [2.05, 4.69) is 98.3 Å². The summed E-state index contributed by atoms with van der Waals surface area (Å²) < 4.78 is 91.6. The van der Waals surface area contributed by atoms with Crippen molar-refractivity contribution in [3.8, 4) is 0 Å². The summed E-state index contributed by atoms with van der Waals surface area (Å²) in [6.07, 6.45) is 40.0. The first kappa shape index (κ1) is 113. The largest absolute Gasteiger partial charge is 1.00 e. The first-order valence-electron chi connectivity index (χ1n) is 46.2. The third-order valence-corrected chi connectivity index (χ3v) is 25.8. The van der Waals surface area contributed by atoms with E-state index in [1.54, 1.807) is 90.2 Å². The molecule has 10 unspecified atom stereocenters. The van der Waals surface area contributed by atoms with E-state index >= 15 is 0 Å². The van der Waals surface area contributed by atoms with E-state index in [9.17, 15) is 55.8 Å². The van der Waals surface area contributed by atoms with Gasteiger partial charge in [-0.25, -0.2) is 13.9 Å². The third-order valence-electron chi connectivity index (χ3n) is 24.5. The summed E-state index contributed by atoms with van der Waals surface area (Å²) in [7, 11) is 16.5. The minimum Gasteiger partial charge on any atom is -1.00 e. The number of nitrogens with two attached hydrogens (primary N) is 1. The van der Waals surface area contributed by atoms with Crippen LogP contribution in [0.2, 0.25) is 0 Å². The van der Waals surface area contributed by atoms with Crippen molar-refractivity contribution in [1.82, 2.24) is 88.9 Å². The average Bonchev–Trinajstić information content (AvgIpc) is 1.62. The van der Waals surface area contributed by atoms with Crippen LogP contribution in [0.5, 0.6) is 0 Å². The van der Waals surface area contributed by atoms with Gasteiger partial charge in [0.05, 0.1) is 95.2 Å². The van der Waals surface area contributed by atoms with Crippen LogP contribution < -0.4 is 98.8 Å². The Balaban J connectivity index is 0.000000222. The molecule has 0 aliphatic heterocycles. The van der Waals surface area contributed by atoms with Crippen molar-refractivity contribution in [1.29, 1.82) is 0 Å². The first-order valence-corrected chi connectivity index (χ1v) is 47.6. The van der Waals surface area contributed by atoms with Crippen LogP contribution >= 0.6 is 0 Å². The molecule has 0 saturated heterocycles. The standard InChI is InChI=1S/C22H31N5O4S.C16H26N4O3.C14H24N4O2.C13H19F3N4O.C12H21N3.C11H18N4O.C4H7N3.ClH.Na/c1-22(2,29)10-11-27(17-13-23-26(3)14-17)32(30,31)25-21(28)24-20-18-8-4-6-15(18)12-16-7-5-9-19(16)20;1-11(21)20(14-9-17-19(5)10-14)13-7-6-12(8-13)18-15(22)23-16(2,3)4;1-14(2,3)20-13(19)17-11-6-5-10(7-11)16-12-8-15-18(4)9-12;1-18(2)9-4-5-10(6-9)20(12(21)13(14,15)16)11-7-17-19(3)8-11;1-14(2)12-5-4-10(7-12)6-11-8-13-15(3)9-11;1-8(16)15(10-4-3-9(12)5-10)11-6-13-14(2)7-11;1-7-3-4(5)2-6-7;;/h12-14,29H,4-11H2,1-3H3,(H2,24,25,28);9-10,12-13H,6-8H2,1-5H3,(H,18,22);8-11,16H,5-7H2,1-4H3,(H,17,19);7-10H,4-6H2,1-3H3;8-10,12H,4-7H2,1-3H3;6-7,9-10H,3-5,12H2,1-2H3;2-3H,5H2,1H3;1H;/q;;;;;;;;+1/p-1. The Morgan fingerprint density at radius 2 is 0.956 bits per heavy atom. The smallest absolute Gasteiger partial charge is 1.00 e. The minimum absolute atomic E-state index is 0. The molecule has 750 valence electrons. The third kappa shape index (κ3) is 35.3. The van der Waals surface area contributed by atoms with Gasteiger partial charge in [0.1, 0.15) is 11.2 Å². The SMILES string of the molecule is CC(=O)N(c1cnn(C)c1)C1CCC(NC(=O)OC(C)(C)C)C1.CC(=O)N(c1cnn(C)c1)C1CCC([NH3+])C1.CN(C)C1CCC(Cc2cnn(C)c2)C1.CN(C)C1CCC(N(C(=O)C(F)(F)F)c2cnn(C)c2)C1.Cn1cc(N(CCC(C)(C)O)S(=O)(=O)N=C([O-])Nc2c3c(cc4c2CCC4)CCC3)cn1.Cn1cc(N)cn1.Cn1cc(NC2CCC(NC(=O)OC(C)(C)C)C2)cn1.[Cl-].[Na+]. The molecule has 5 saturated carbocycles. The number of hydrogen-bond acceptors (Lipinski definition) is 22. The fourth-order valence-corrected chi connectivity index (χ4v) is 19.3. The Kier molecular flexibility index (Phi) is 41.7. The number of alkyl halides is 3. The number of fused-ring (bicyclic) bond motifs is 2. The second kappa shape index (κ2) is 50.2. The zero-order chi connectivity index (χ0) is 98.6. The first-order chi connectivity index (χ1) is 62.7. The van der Waals surface area contributed by atoms with E-state index in [-0.39, 0.29) is 108 Å². The molecule has 5 amide bonds. The van der Waals surface area contributed by atoms with Crippen molar-refractivity contribution in [3.05, 3.63) is 121 Å². The van der Waals surface area contributed by atoms with E-state index in [0.29, 0.717) is 43.1 Å². The fraction of sp³-hybridized carbons (Fsp3) is 0.641. The van der Waals surface area contributed by atoms with Gasteiger partial charge in [0.15, 0.2) is 0 Å². The maximum Gasteiger partial charge on any atom is 1.00 e. The van der Waals surface area contributed by atoms with Crippen LogP contribution in [0.4, 0.5) is 62.6 Å². The van der Waals surface area contributed by atoms with E-state index in [1.165, 1.54) is 76.5 Å². The molecular weight excluding hydrogens is 1810 g/mol.